The number of nitrogens with one attached hydrogen (secondary N) is 2. The third-order valence-electron chi connectivity index (χ3n) is 5.13. The minimum absolute atomic E-state index is 0. The van der Waals surface area contributed by atoms with E-state index in [0.29, 0.717) is 0 Å². The van der Waals surface area contributed by atoms with E-state index in [1.54, 1.807) is 0 Å². The topological polar surface area (TPSA) is 48.9 Å². The summed E-state index contributed by atoms with van der Waals surface area (Å²) in [5.41, 5.74) is 6.50. The smallest absolute Gasteiger partial charge is 0.191 e. The fraction of sp³-hybridized carbons (Fsp3) is 0.435. The third kappa shape index (κ3) is 7.60. The van der Waals surface area contributed by atoms with E-state index in [2.05, 4.69) is 76.8 Å². The first-order valence-corrected chi connectivity index (χ1v) is 10.0. The Kier molecular flexibility index (Phi) is 9.90. The van der Waals surface area contributed by atoms with Crippen molar-refractivity contribution in [1.29, 1.82) is 0 Å². The number of morpholine rings is 1. The van der Waals surface area contributed by atoms with Gasteiger partial charge in [0.05, 0.1) is 13.2 Å². The molecular formula is C23H33IN4O. The molecule has 0 saturated carbocycles. The Hall–Kier alpha value is -1.64. The zero-order valence-corrected chi connectivity index (χ0v) is 20.0. The third-order valence-corrected chi connectivity index (χ3v) is 5.13. The van der Waals surface area contributed by atoms with E-state index in [-0.39, 0.29) is 24.0 Å². The van der Waals surface area contributed by atoms with Gasteiger partial charge < -0.3 is 15.4 Å². The first kappa shape index (κ1) is 23.6. The van der Waals surface area contributed by atoms with Crippen molar-refractivity contribution in [3.63, 3.8) is 0 Å². The molecule has 0 radical (unpaired) electrons. The molecule has 0 amide bonds. The molecule has 29 heavy (non-hydrogen) atoms. The SMILES string of the molecule is CN=C(NCc1cccc(CN2CCOCC2)c1)NCc1ccc(C)cc1C.I. The molecule has 0 bridgehead atoms. The fourth-order valence-corrected chi connectivity index (χ4v) is 3.48. The van der Waals surface area contributed by atoms with Gasteiger partial charge in [-0.05, 0) is 36.1 Å². The molecule has 0 unspecified atom stereocenters. The highest BCUT2D eigenvalue weighted by molar-refractivity contribution is 14.0. The highest BCUT2D eigenvalue weighted by Crippen LogP contribution is 2.11. The summed E-state index contributed by atoms with van der Waals surface area (Å²) in [7, 11) is 1.81. The van der Waals surface area contributed by atoms with Gasteiger partial charge in [-0.3, -0.25) is 9.89 Å². The highest BCUT2D eigenvalue weighted by Gasteiger charge is 2.10. The zero-order valence-electron chi connectivity index (χ0n) is 17.7. The molecule has 1 saturated heterocycles. The molecule has 0 atom stereocenters. The van der Waals surface area contributed by atoms with Crippen molar-refractivity contribution in [1.82, 2.24) is 15.5 Å². The number of hydrogen-bond donors (Lipinski definition) is 2. The predicted molar refractivity (Wildman–Crippen MR) is 131 cm³/mol. The van der Waals surface area contributed by atoms with Crippen molar-refractivity contribution in [3.8, 4) is 0 Å². The van der Waals surface area contributed by atoms with Gasteiger partial charge in [0.15, 0.2) is 5.96 Å². The van der Waals surface area contributed by atoms with E-state index in [4.69, 9.17) is 4.74 Å². The summed E-state index contributed by atoms with van der Waals surface area (Å²) in [5.74, 6) is 0.818. The lowest BCUT2D eigenvalue weighted by Gasteiger charge is -2.26. The summed E-state index contributed by atoms with van der Waals surface area (Å²) < 4.78 is 5.43. The standard InChI is InChI=1S/C23H32N4O.HI/c1-18-7-8-22(19(2)13-18)16-26-23(24-3)25-15-20-5-4-6-21(14-20)17-27-9-11-28-12-10-27;/h4-8,13-14H,9-12,15-17H2,1-3H3,(H2,24,25,26);1H. The van der Waals surface area contributed by atoms with Crippen molar-refractivity contribution in [2.45, 2.75) is 33.5 Å². The minimum Gasteiger partial charge on any atom is -0.379 e. The fourth-order valence-electron chi connectivity index (χ4n) is 3.48. The monoisotopic (exact) mass is 508 g/mol. The minimum atomic E-state index is 0. The van der Waals surface area contributed by atoms with Gasteiger partial charge in [-0.1, -0.05) is 48.0 Å². The number of guanidine groups is 1. The van der Waals surface area contributed by atoms with E-state index >= 15 is 0 Å². The van der Waals surface area contributed by atoms with Crippen molar-refractivity contribution < 1.29 is 4.74 Å². The molecule has 1 aliphatic heterocycles. The quantitative estimate of drug-likeness (QED) is 0.356. The second-order valence-corrected chi connectivity index (χ2v) is 7.42. The summed E-state index contributed by atoms with van der Waals surface area (Å²) in [5, 5.41) is 6.84. The normalized spacial score (nSPS) is 14.9. The average molecular weight is 508 g/mol. The van der Waals surface area contributed by atoms with Gasteiger partial charge in [-0.15, -0.1) is 24.0 Å². The lowest BCUT2D eigenvalue weighted by atomic mass is 10.1. The summed E-state index contributed by atoms with van der Waals surface area (Å²) in [6.45, 7) is 10.5. The molecule has 1 heterocycles. The summed E-state index contributed by atoms with van der Waals surface area (Å²) >= 11 is 0. The summed E-state index contributed by atoms with van der Waals surface area (Å²) in [6.07, 6.45) is 0. The van der Waals surface area contributed by atoms with Crippen LogP contribution >= 0.6 is 24.0 Å². The average Bonchev–Trinajstić information content (AvgIpc) is 2.70. The van der Waals surface area contributed by atoms with Crippen LogP contribution in [0.25, 0.3) is 0 Å². The van der Waals surface area contributed by atoms with Crippen LogP contribution in [0.5, 0.6) is 0 Å². The largest absolute Gasteiger partial charge is 0.379 e. The molecule has 6 heteroatoms. The number of nitrogens with zero attached hydrogens (tertiary/aromatic N) is 2. The lowest BCUT2D eigenvalue weighted by molar-refractivity contribution is 0.0342. The Morgan fingerprint density at radius 3 is 2.45 bits per heavy atom. The van der Waals surface area contributed by atoms with Gasteiger partial charge in [0.2, 0.25) is 0 Å². The zero-order chi connectivity index (χ0) is 19.8. The first-order chi connectivity index (χ1) is 13.6. The number of hydrogen-bond acceptors (Lipinski definition) is 3. The van der Waals surface area contributed by atoms with Crippen LogP contribution in [0.1, 0.15) is 27.8 Å². The molecule has 0 aliphatic carbocycles. The number of aliphatic imine (C=N–C) groups is 1. The van der Waals surface area contributed by atoms with Crippen molar-refractivity contribution in [2.24, 2.45) is 4.99 Å². The van der Waals surface area contributed by atoms with Crippen LogP contribution in [-0.4, -0.2) is 44.2 Å². The molecule has 3 rings (SSSR count). The van der Waals surface area contributed by atoms with E-state index in [1.165, 1.54) is 27.8 Å². The Morgan fingerprint density at radius 1 is 1.00 bits per heavy atom. The Morgan fingerprint density at radius 2 is 1.72 bits per heavy atom. The number of rotatable bonds is 6. The number of aryl methyl sites for hydroxylation is 2. The molecule has 2 aromatic carbocycles. The highest BCUT2D eigenvalue weighted by atomic mass is 127. The molecule has 1 aliphatic rings. The van der Waals surface area contributed by atoms with Gasteiger partial charge in [-0.25, -0.2) is 0 Å². The van der Waals surface area contributed by atoms with E-state index in [1.807, 2.05) is 7.05 Å². The maximum absolute atomic E-state index is 5.43. The van der Waals surface area contributed by atoms with E-state index in [0.717, 1.165) is 51.9 Å². The van der Waals surface area contributed by atoms with Crippen LogP contribution in [0.15, 0.2) is 47.5 Å². The van der Waals surface area contributed by atoms with Gasteiger partial charge >= 0.3 is 0 Å². The van der Waals surface area contributed by atoms with E-state index in [9.17, 15) is 0 Å². The van der Waals surface area contributed by atoms with E-state index < -0.39 is 0 Å². The number of benzene rings is 2. The van der Waals surface area contributed by atoms with Crippen LogP contribution in [0.3, 0.4) is 0 Å². The molecular weight excluding hydrogens is 475 g/mol. The Bertz CT molecular complexity index is 803. The Balaban J connectivity index is 0.00000300. The van der Waals surface area contributed by atoms with Crippen molar-refractivity contribution in [2.75, 3.05) is 33.4 Å². The van der Waals surface area contributed by atoms with Crippen LogP contribution in [0.2, 0.25) is 0 Å². The summed E-state index contributed by atoms with van der Waals surface area (Å²) in [6, 6.07) is 15.3. The molecule has 2 aromatic rings. The molecule has 158 valence electrons. The first-order valence-electron chi connectivity index (χ1n) is 10.0. The van der Waals surface area contributed by atoms with Gasteiger partial charge in [-0.2, -0.15) is 0 Å². The number of halogens is 1. The van der Waals surface area contributed by atoms with Crippen LogP contribution in [0, 0.1) is 13.8 Å². The lowest BCUT2D eigenvalue weighted by Crippen LogP contribution is -2.36. The molecule has 2 N–H and O–H groups in total. The maximum Gasteiger partial charge on any atom is 0.191 e. The second kappa shape index (κ2) is 12.1. The molecule has 0 aromatic heterocycles. The van der Waals surface area contributed by atoms with Gasteiger partial charge in [0.1, 0.15) is 0 Å². The summed E-state index contributed by atoms with van der Waals surface area (Å²) in [4.78, 5) is 6.80. The van der Waals surface area contributed by atoms with Gasteiger partial charge in [0, 0.05) is 39.8 Å². The van der Waals surface area contributed by atoms with Crippen molar-refractivity contribution in [3.05, 3.63) is 70.3 Å². The van der Waals surface area contributed by atoms with Gasteiger partial charge in [0.25, 0.3) is 0 Å². The van der Waals surface area contributed by atoms with Crippen LogP contribution < -0.4 is 10.6 Å². The van der Waals surface area contributed by atoms with Crippen LogP contribution in [0.4, 0.5) is 0 Å². The molecule has 5 nitrogen and oxygen atoms in total. The number of ether oxygens (including phenoxy) is 1. The van der Waals surface area contributed by atoms with Crippen molar-refractivity contribution >= 4 is 29.9 Å². The van der Waals surface area contributed by atoms with Crippen LogP contribution in [-0.2, 0) is 24.4 Å². The molecule has 0 spiro atoms. The predicted octanol–water partition coefficient (Wildman–Crippen LogP) is 3.62. The second-order valence-electron chi connectivity index (χ2n) is 7.42. The maximum atomic E-state index is 5.43. The Labute approximate surface area is 192 Å². The molecule has 1 fully saturated rings.